The van der Waals surface area contributed by atoms with Gasteiger partial charge in [0, 0.05) is 5.41 Å². The highest BCUT2D eigenvalue weighted by atomic mass is 16.4. The van der Waals surface area contributed by atoms with Crippen LogP contribution in [-0.4, -0.2) is 22.3 Å². The maximum Gasteiger partial charge on any atom is 0.304 e. The fourth-order valence-corrected chi connectivity index (χ4v) is 4.47. The molecule has 0 amide bonds. The van der Waals surface area contributed by atoms with Crippen LogP contribution in [-0.2, 0) is 15.6 Å². The van der Waals surface area contributed by atoms with E-state index in [0.29, 0.717) is 0 Å². The van der Waals surface area contributed by atoms with Crippen molar-refractivity contribution in [3.8, 4) is 0 Å². The SMILES string of the molecule is CCC(C)(CCCC(O)CCCC(C)(CC(=O)O)c1ccccc1)c1ccccc1. The predicted molar refractivity (Wildman–Crippen MR) is 124 cm³/mol. The summed E-state index contributed by atoms with van der Waals surface area (Å²) in [4.78, 5) is 11.4. The molecule has 0 aliphatic carbocycles. The Hall–Kier alpha value is -2.13. The van der Waals surface area contributed by atoms with Crippen molar-refractivity contribution in [2.45, 2.75) is 89.1 Å². The minimum absolute atomic E-state index is 0.110. The van der Waals surface area contributed by atoms with E-state index in [9.17, 15) is 15.0 Å². The molecule has 0 aliphatic rings. The number of hydrogen-bond donors (Lipinski definition) is 2. The Kier molecular flexibility index (Phi) is 9.10. The first-order chi connectivity index (χ1) is 14.3. The molecule has 0 saturated carbocycles. The Morgan fingerprint density at radius 1 is 0.833 bits per heavy atom. The molecule has 2 rings (SSSR count). The van der Waals surface area contributed by atoms with Crippen LogP contribution in [0.2, 0.25) is 0 Å². The molecule has 0 aromatic heterocycles. The summed E-state index contributed by atoms with van der Waals surface area (Å²) in [5, 5.41) is 19.9. The van der Waals surface area contributed by atoms with Crippen molar-refractivity contribution < 1.29 is 15.0 Å². The minimum Gasteiger partial charge on any atom is -0.481 e. The lowest BCUT2D eigenvalue weighted by molar-refractivity contribution is -0.138. The first-order valence-electron chi connectivity index (χ1n) is 11.3. The summed E-state index contributed by atoms with van der Waals surface area (Å²) in [7, 11) is 0. The smallest absolute Gasteiger partial charge is 0.304 e. The molecular formula is C27H38O3. The van der Waals surface area contributed by atoms with Gasteiger partial charge in [-0.15, -0.1) is 0 Å². The molecule has 2 aromatic rings. The predicted octanol–water partition coefficient (Wildman–Crippen LogP) is 6.49. The van der Waals surface area contributed by atoms with Crippen molar-refractivity contribution in [2.24, 2.45) is 0 Å². The second-order valence-electron chi connectivity index (χ2n) is 9.22. The molecule has 0 spiro atoms. The third-order valence-electron chi connectivity index (χ3n) is 6.79. The first-order valence-corrected chi connectivity index (χ1v) is 11.3. The molecule has 0 radical (unpaired) electrons. The number of aliphatic hydroxyl groups is 1. The molecule has 3 atom stereocenters. The molecule has 0 aliphatic heterocycles. The lowest BCUT2D eigenvalue weighted by atomic mass is 9.75. The zero-order valence-corrected chi connectivity index (χ0v) is 18.8. The Bertz CT molecular complexity index is 758. The van der Waals surface area contributed by atoms with E-state index in [1.807, 2.05) is 37.3 Å². The fraction of sp³-hybridized carbons (Fsp3) is 0.519. The highest BCUT2D eigenvalue weighted by Gasteiger charge is 2.29. The standard InChI is InChI=1S/C27H38O3/c1-4-26(2,22-13-7-5-8-14-22)19-11-17-24(28)18-12-20-27(3,21-25(29)30)23-15-9-6-10-16-23/h5-10,13-16,24,28H,4,11-12,17-21H2,1-3H3,(H,29,30). The molecule has 0 fully saturated rings. The molecule has 164 valence electrons. The van der Waals surface area contributed by atoms with Crippen LogP contribution in [0.4, 0.5) is 0 Å². The summed E-state index contributed by atoms with van der Waals surface area (Å²) in [6, 6.07) is 20.5. The summed E-state index contributed by atoms with van der Waals surface area (Å²) >= 11 is 0. The molecule has 0 heterocycles. The molecule has 0 bridgehead atoms. The van der Waals surface area contributed by atoms with Crippen LogP contribution in [0, 0.1) is 0 Å². The van der Waals surface area contributed by atoms with Crippen LogP contribution in [0.15, 0.2) is 60.7 Å². The van der Waals surface area contributed by atoms with Gasteiger partial charge in [0.05, 0.1) is 12.5 Å². The van der Waals surface area contributed by atoms with Gasteiger partial charge < -0.3 is 10.2 Å². The van der Waals surface area contributed by atoms with Gasteiger partial charge in [0.1, 0.15) is 0 Å². The number of carboxylic acids is 1. The van der Waals surface area contributed by atoms with Gasteiger partial charge in [-0.05, 0) is 55.1 Å². The van der Waals surface area contributed by atoms with E-state index < -0.39 is 11.4 Å². The normalized spacial score (nSPS) is 16.4. The second-order valence-corrected chi connectivity index (χ2v) is 9.22. The number of hydrogen-bond acceptors (Lipinski definition) is 2. The summed E-state index contributed by atoms with van der Waals surface area (Å²) in [5.41, 5.74) is 2.17. The fourth-order valence-electron chi connectivity index (χ4n) is 4.47. The monoisotopic (exact) mass is 410 g/mol. The van der Waals surface area contributed by atoms with E-state index in [0.717, 1.165) is 50.5 Å². The van der Waals surface area contributed by atoms with Gasteiger partial charge in [0.2, 0.25) is 0 Å². The van der Waals surface area contributed by atoms with E-state index in [-0.39, 0.29) is 17.9 Å². The molecule has 3 heteroatoms. The summed E-state index contributed by atoms with van der Waals surface area (Å²) in [6.07, 6.45) is 6.01. The number of rotatable bonds is 13. The van der Waals surface area contributed by atoms with Crippen molar-refractivity contribution in [1.82, 2.24) is 0 Å². The second kappa shape index (κ2) is 11.3. The van der Waals surface area contributed by atoms with Crippen LogP contribution >= 0.6 is 0 Å². The van der Waals surface area contributed by atoms with Crippen molar-refractivity contribution >= 4 is 5.97 Å². The Labute approximate surface area is 182 Å². The van der Waals surface area contributed by atoms with E-state index in [1.165, 1.54) is 5.56 Å². The molecule has 2 N–H and O–H groups in total. The number of carbonyl (C=O) groups is 1. The van der Waals surface area contributed by atoms with Crippen molar-refractivity contribution in [3.63, 3.8) is 0 Å². The number of aliphatic hydroxyl groups excluding tert-OH is 1. The van der Waals surface area contributed by atoms with Gasteiger partial charge in [-0.3, -0.25) is 4.79 Å². The van der Waals surface area contributed by atoms with Gasteiger partial charge in [0.15, 0.2) is 0 Å². The van der Waals surface area contributed by atoms with Crippen LogP contribution in [0.25, 0.3) is 0 Å². The average Bonchev–Trinajstić information content (AvgIpc) is 2.74. The largest absolute Gasteiger partial charge is 0.481 e. The Morgan fingerprint density at radius 2 is 1.27 bits per heavy atom. The molecular weight excluding hydrogens is 372 g/mol. The zero-order valence-electron chi connectivity index (χ0n) is 18.8. The lowest BCUT2D eigenvalue weighted by Crippen LogP contribution is -2.26. The highest BCUT2D eigenvalue weighted by Crippen LogP contribution is 2.35. The highest BCUT2D eigenvalue weighted by molar-refractivity contribution is 5.69. The van der Waals surface area contributed by atoms with Gasteiger partial charge in [0.25, 0.3) is 0 Å². The number of aliphatic carboxylic acids is 1. The van der Waals surface area contributed by atoms with E-state index in [1.54, 1.807) is 0 Å². The van der Waals surface area contributed by atoms with E-state index in [2.05, 4.69) is 44.2 Å². The van der Waals surface area contributed by atoms with Crippen molar-refractivity contribution in [1.29, 1.82) is 0 Å². The van der Waals surface area contributed by atoms with Crippen LogP contribution in [0.3, 0.4) is 0 Å². The van der Waals surface area contributed by atoms with E-state index >= 15 is 0 Å². The quantitative estimate of drug-likeness (QED) is 0.397. The van der Waals surface area contributed by atoms with E-state index in [4.69, 9.17) is 0 Å². The summed E-state index contributed by atoms with van der Waals surface area (Å²) in [6.45, 7) is 6.57. The summed E-state index contributed by atoms with van der Waals surface area (Å²) < 4.78 is 0. The van der Waals surface area contributed by atoms with Gasteiger partial charge in [-0.2, -0.15) is 0 Å². The van der Waals surface area contributed by atoms with Crippen LogP contribution < -0.4 is 0 Å². The Balaban J connectivity index is 1.83. The maximum atomic E-state index is 11.4. The minimum atomic E-state index is -0.776. The topological polar surface area (TPSA) is 57.5 Å². The number of benzene rings is 2. The summed E-state index contributed by atoms with van der Waals surface area (Å²) in [5.74, 6) is -0.776. The van der Waals surface area contributed by atoms with Crippen LogP contribution in [0.5, 0.6) is 0 Å². The third kappa shape index (κ3) is 6.98. The van der Waals surface area contributed by atoms with Gasteiger partial charge >= 0.3 is 5.97 Å². The molecule has 0 saturated heterocycles. The van der Waals surface area contributed by atoms with Gasteiger partial charge in [-0.1, -0.05) is 87.9 Å². The van der Waals surface area contributed by atoms with Crippen LogP contribution in [0.1, 0.15) is 83.3 Å². The van der Waals surface area contributed by atoms with Crippen molar-refractivity contribution in [2.75, 3.05) is 0 Å². The number of carboxylic acid groups (broad SMARTS) is 1. The third-order valence-corrected chi connectivity index (χ3v) is 6.79. The average molecular weight is 411 g/mol. The maximum absolute atomic E-state index is 11.4. The zero-order chi connectivity index (χ0) is 22.0. The molecule has 3 nitrogen and oxygen atoms in total. The van der Waals surface area contributed by atoms with Crippen molar-refractivity contribution in [3.05, 3.63) is 71.8 Å². The molecule has 3 unspecified atom stereocenters. The Morgan fingerprint density at radius 3 is 1.70 bits per heavy atom. The lowest BCUT2D eigenvalue weighted by Gasteiger charge is -2.30. The first kappa shape index (κ1) is 24.1. The van der Waals surface area contributed by atoms with Gasteiger partial charge in [-0.25, -0.2) is 0 Å². The molecule has 30 heavy (non-hydrogen) atoms. The molecule has 2 aromatic carbocycles.